The standard InChI is InChI=1S/C46H45IO2/c1-8-29(4)46(22-10-9-11-23-49-44(48)28(2)3)40-26-31(15-19-37(40)38-21-17-35(47)27-41(38)46)36-18-14-30-12-13-32-24-34(45(5,6)7)25-33-16-20-39(36)43(30)42(32)33/h12-21,24-27H,2,4,8-11,22-23H2,1,3,5-7H3. The lowest BCUT2D eigenvalue weighted by Gasteiger charge is -2.35. The second kappa shape index (κ2) is 12.7. The molecule has 6 aromatic rings. The molecule has 7 rings (SSSR count). The Morgan fingerprint density at radius 1 is 0.755 bits per heavy atom. The maximum absolute atomic E-state index is 11.9. The minimum absolute atomic E-state index is 0.0854. The van der Waals surface area contributed by atoms with Crippen LogP contribution in [0.2, 0.25) is 0 Å². The molecule has 0 heterocycles. The van der Waals surface area contributed by atoms with Gasteiger partial charge in [-0.1, -0.05) is 126 Å². The number of benzene rings is 6. The first-order valence-electron chi connectivity index (χ1n) is 17.6. The zero-order valence-electron chi connectivity index (χ0n) is 29.4. The Labute approximate surface area is 304 Å². The molecule has 49 heavy (non-hydrogen) atoms. The predicted octanol–water partition coefficient (Wildman–Crippen LogP) is 13.1. The number of halogens is 1. The van der Waals surface area contributed by atoms with Gasteiger partial charge in [0.15, 0.2) is 0 Å². The van der Waals surface area contributed by atoms with Crippen LogP contribution in [0.4, 0.5) is 0 Å². The van der Waals surface area contributed by atoms with Crippen LogP contribution in [0, 0.1) is 3.57 Å². The van der Waals surface area contributed by atoms with Crippen LogP contribution in [0.3, 0.4) is 0 Å². The third-order valence-electron chi connectivity index (χ3n) is 10.8. The van der Waals surface area contributed by atoms with Crippen molar-refractivity contribution in [2.24, 2.45) is 0 Å². The third-order valence-corrected chi connectivity index (χ3v) is 11.5. The van der Waals surface area contributed by atoms with E-state index in [4.69, 9.17) is 11.3 Å². The topological polar surface area (TPSA) is 26.3 Å². The number of carbonyl (C=O) groups is 1. The summed E-state index contributed by atoms with van der Waals surface area (Å²) >= 11 is 2.45. The SMILES string of the molecule is C=C(C)C(=O)OCCCCCC1(C(=C)CC)c2cc(I)ccc2-c2ccc(-c3ccc4ccc5cc(C(C)(C)C)cc6ccc3c4c56)cc21. The molecule has 6 aromatic carbocycles. The van der Waals surface area contributed by atoms with E-state index in [0.29, 0.717) is 12.2 Å². The van der Waals surface area contributed by atoms with Gasteiger partial charge >= 0.3 is 5.97 Å². The van der Waals surface area contributed by atoms with Gasteiger partial charge in [0.2, 0.25) is 0 Å². The van der Waals surface area contributed by atoms with Crippen LogP contribution in [0.5, 0.6) is 0 Å². The number of rotatable bonds is 10. The lowest BCUT2D eigenvalue weighted by molar-refractivity contribution is -0.139. The first-order valence-corrected chi connectivity index (χ1v) is 18.7. The maximum atomic E-state index is 11.9. The molecule has 1 aliphatic rings. The van der Waals surface area contributed by atoms with Gasteiger partial charge in [0.05, 0.1) is 6.61 Å². The highest BCUT2D eigenvalue weighted by molar-refractivity contribution is 14.1. The van der Waals surface area contributed by atoms with E-state index in [-0.39, 0.29) is 16.8 Å². The lowest BCUT2D eigenvalue weighted by Crippen LogP contribution is -2.27. The fourth-order valence-electron chi connectivity index (χ4n) is 8.14. The number of hydrogen-bond donors (Lipinski definition) is 0. The number of unbranched alkanes of at least 4 members (excludes halogenated alkanes) is 2. The van der Waals surface area contributed by atoms with Crippen LogP contribution < -0.4 is 0 Å². The van der Waals surface area contributed by atoms with Crippen molar-refractivity contribution in [1.82, 2.24) is 0 Å². The minimum Gasteiger partial charge on any atom is -0.462 e. The van der Waals surface area contributed by atoms with Gasteiger partial charge in [0.1, 0.15) is 0 Å². The fourth-order valence-corrected chi connectivity index (χ4v) is 8.63. The van der Waals surface area contributed by atoms with Crippen LogP contribution in [-0.2, 0) is 20.4 Å². The van der Waals surface area contributed by atoms with Gasteiger partial charge in [-0.25, -0.2) is 4.79 Å². The molecule has 0 aromatic heterocycles. The van der Waals surface area contributed by atoms with E-state index < -0.39 is 0 Å². The van der Waals surface area contributed by atoms with E-state index >= 15 is 0 Å². The maximum Gasteiger partial charge on any atom is 0.333 e. The van der Waals surface area contributed by atoms with E-state index in [1.165, 1.54) is 80.4 Å². The Hall–Kier alpha value is -3.96. The third kappa shape index (κ3) is 5.68. The molecule has 0 saturated heterocycles. The average Bonchev–Trinajstić information content (AvgIpc) is 3.36. The highest BCUT2D eigenvalue weighted by Crippen LogP contribution is 2.57. The van der Waals surface area contributed by atoms with Crippen molar-refractivity contribution in [2.75, 3.05) is 6.61 Å². The van der Waals surface area contributed by atoms with Gasteiger partial charge in [-0.05, 0) is 144 Å². The molecule has 0 spiro atoms. The first kappa shape index (κ1) is 33.5. The molecular weight excluding hydrogens is 711 g/mol. The summed E-state index contributed by atoms with van der Waals surface area (Å²) in [7, 11) is 0. The molecule has 0 bridgehead atoms. The predicted molar refractivity (Wildman–Crippen MR) is 217 cm³/mol. The van der Waals surface area contributed by atoms with E-state index in [1.807, 2.05) is 0 Å². The summed E-state index contributed by atoms with van der Waals surface area (Å²) in [6.45, 7) is 19.7. The molecule has 0 aliphatic heterocycles. The monoisotopic (exact) mass is 756 g/mol. The van der Waals surface area contributed by atoms with Crippen molar-refractivity contribution in [3.63, 3.8) is 0 Å². The second-order valence-corrected chi connectivity index (χ2v) is 16.2. The molecule has 1 unspecified atom stereocenters. The smallest absolute Gasteiger partial charge is 0.333 e. The highest BCUT2D eigenvalue weighted by atomic mass is 127. The van der Waals surface area contributed by atoms with E-state index in [2.05, 4.69) is 142 Å². The van der Waals surface area contributed by atoms with Gasteiger partial charge in [-0.15, -0.1) is 0 Å². The summed E-state index contributed by atoms with van der Waals surface area (Å²) in [4.78, 5) is 11.9. The molecule has 0 N–H and O–H groups in total. The van der Waals surface area contributed by atoms with E-state index in [1.54, 1.807) is 6.92 Å². The van der Waals surface area contributed by atoms with Crippen molar-refractivity contribution in [3.8, 4) is 22.3 Å². The zero-order valence-corrected chi connectivity index (χ0v) is 31.6. The fraction of sp³-hybridized carbons (Fsp3) is 0.283. The zero-order chi connectivity index (χ0) is 34.7. The van der Waals surface area contributed by atoms with Gasteiger partial charge < -0.3 is 4.74 Å². The number of hydrogen-bond acceptors (Lipinski definition) is 2. The van der Waals surface area contributed by atoms with Gasteiger partial charge in [0.25, 0.3) is 0 Å². The second-order valence-electron chi connectivity index (χ2n) is 15.0. The average molecular weight is 757 g/mol. The van der Waals surface area contributed by atoms with Gasteiger partial charge in [-0.2, -0.15) is 0 Å². The highest BCUT2D eigenvalue weighted by Gasteiger charge is 2.44. The van der Waals surface area contributed by atoms with Crippen molar-refractivity contribution < 1.29 is 9.53 Å². The van der Waals surface area contributed by atoms with Crippen molar-refractivity contribution in [3.05, 3.63) is 129 Å². The van der Waals surface area contributed by atoms with Crippen LogP contribution >= 0.6 is 22.6 Å². The molecule has 0 fully saturated rings. The summed E-state index contributed by atoms with van der Waals surface area (Å²) in [6.07, 6.45) is 4.68. The molecular formula is C46H45IO2. The molecule has 1 atom stereocenters. The van der Waals surface area contributed by atoms with Gasteiger partial charge in [-0.3, -0.25) is 0 Å². The number of esters is 1. The first-order chi connectivity index (χ1) is 23.4. The Kier molecular flexibility index (Phi) is 8.71. The normalized spacial score (nSPS) is 15.6. The molecule has 248 valence electrons. The molecule has 1 aliphatic carbocycles. The quantitative estimate of drug-likeness (QED) is 0.0347. The van der Waals surface area contributed by atoms with Crippen LogP contribution in [0.25, 0.3) is 54.6 Å². The van der Waals surface area contributed by atoms with E-state index in [9.17, 15) is 4.79 Å². The summed E-state index contributed by atoms with van der Waals surface area (Å²) in [5.74, 6) is -0.307. The number of ether oxygens (including phenoxy) is 1. The lowest BCUT2D eigenvalue weighted by atomic mass is 9.68. The summed E-state index contributed by atoms with van der Waals surface area (Å²) in [5.41, 5.74) is 10.8. The molecule has 2 nitrogen and oxygen atoms in total. The summed E-state index contributed by atoms with van der Waals surface area (Å²) in [6, 6.07) is 32.7. The van der Waals surface area contributed by atoms with Crippen LogP contribution in [-0.4, -0.2) is 12.6 Å². The summed E-state index contributed by atoms with van der Waals surface area (Å²) in [5, 5.41) is 7.91. The molecule has 0 radical (unpaired) electrons. The summed E-state index contributed by atoms with van der Waals surface area (Å²) < 4.78 is 6.64. The Morgan fingerprint density at radius 3 is 2.08 bits per heavy atom. The Balaban J connectivity index is 1.34. The molecule has 0 saturated carbocycles. The van der Waals surface area contributed by atoms with Crippen LogP contribution in [0.1, 0.15) is 83.4 Å². The van der Waals surface area contributed by atoms with Crippen molar-refractivity contribution in [1.29, 1.82) is 0 Å². The van der Waals surface area contributed by atoms with Crippen molar-refractivity contribution >= 4 is 60.9 Å². The largest absolute Gasteiger partial charge is 0.462 e. The number of carbonyl (C=O) groups excluding carboxylic acids is 1. The number of fused-ring (bicyclic) bond motifs is 3. The van der Waals surface area contributed by atoms with Crippen LogP contribution in [0.15, 0.2) is 109 Å². The van der Waals surface area contributed by atoms with Crippen molar-refractivity contribution in [2.45, 2.75) is 77.6 Å². The number of allylic oxidation sites excluding steroid dienone is 1. The molecule has 0 amide bonds. The molecule has 3 heteroatoms. The Morgan fingerprint density at radius 2 is 1.39 bits per heavy atom. The van der Waals surface area contributed by atoms with E-state index in [0.717, 1.165) is 32.1 Å². The Bertz CT molecular complexity index is 2260. The minimum atomic E-state index is -0.307. The van der Waals surface area contributed by atoms with Gasteiger partial charge in [0, 0.05) is 14.6 Å².